The minimum Gasteiger partial charge on any atom is -0.465 e. The average Bonchev–Trinajstić information content (AvgIpc) is 3.12. The maximum absolute atomic E-state index is 11.1. The predicted molar refractivity (Wildman–Crippen MR) is 110 cm³/mol. The second-order valence-electron chi connectivity index (χ2n) is 7.09. The van der Waals surface area contributed by atoms with Crippen molar-refractivity contribution in [3.63, 3.8) is 0 Å². The van der Waals surface area contributed by atoms with Crippen LogP contribution in [0.4, 0.5) is 4.79 Å². The fourth-order valence-electron chi connectivity index (χ4n) is 3.54. The summed E-state index contributed by atoms with van der Waals surface area (Å²) in [6, 6.07) is 16.2. The van der Waals surface area contributed by atoms with Crippen molar-refractivity contribution in [3.8, 4) is 10.9 Å². The van der Waals surface area contributed by atoms with Crippen LogP contribution in [0.2, 0.25) is 0 Å². The number of thiazole rings is 1. The molecule has 2 aromatic carbocycles. The van der Waals surface area contributed by atoms with E-state index in [1.165, 1.54) is 10.5 Å². The quantitative estimate of drug-likeness (QED) is 0.678. The van der Waals surface area contributed by atoms with Crippen molar-refractivity contribution < 1.29 is 14.6 Å². The predicted octanol–water partition coefficient (Wildman–Crippen LogP) is 4.66. The molecule has 2 heterocycles. The molecule has 1 amide bonds. The molecule has 1 aliphatic heterocycles. The molecule has 0 radical (unpaired) electrons. The second kappa shape index (κ2) is 8.16. The Morgan fingerprint density at radius 2 is 1.93 bits per heavy atom. The molecule has 0 atom stereocenters. The van der Waals surface area contributed by atoms with E-state index in [0.29, 0.717) is 5.19 Å². The molecule has 3 aromatic rings. The Labute approximate surface area is 168 Å². The van der Waals surface area contributed by atoms with Crippen molar-refractivity contribution in [1.29, 1.82) is 0 Å². The van der Waals surface area contributed by atoms with Crippen LogP contribution in [0.3, 0.4) is 0 Å². The Kier molecular flexibility index (Phi) is 5.45. The van der Waals surface area contributed by atoms with Gasteiger partial charge in [0, 0.05) is 32.7 Å². The van der Waals surface area contributed by atoms with Crippen LogP contribution in [0, 0.1) is 0 Å². The molecule has 4 rings (SSSR count). The van der Waals surface area contributed by atoms with Crippen LogP contribution < -0.4 is 4.74 Å². The SMILES string of the molecule is CN(C(=O)O)C1CCN(Cc2ccc(Oc3nc4ccccc4s3)cc2)CC1. The number of benzene rings is 2. The molecule has 0 bridgehead atoms. The smallest absolute Gasteiger partial charge is 0.407 e. The first-order valence-corrected chi connectivity index (χ1v) is 10.2. The van der Waals surface area contributed by atoms with Gasteiger partial charge < -0.3 is 14.7 Å². The van der Waals surface area contributed by atoms with Gasteiger partial charge in [0.2, 0.25) is 0 Å². The summed E-state index contributed by atoms with van der Waals surface area (Å²) in [7, 11) is 1.66. The van der Waals surface area contributed by atoms with E-state index in [0.717, 1.165) is 48.4 Å². The van der Waals surface area contributed by atoms with E-state index in [2.05, 4.69) is 22.0 Å². The number of amides is 1. The van der Waals surface area contributed by atoms with Crippen molar-refractivity contribution in [2.75, 3.05) is 20.1 Å². The van der Waals surface area contributed by atoms with Gasteiger partial charge in [-0.1, -0.05) is 35.6 Å². The number of fused-ring (bicyclic) bond motifs is 1. The largest absolute Gasteiger partial charge is 0.465 e. The van der Waals surface area contributed by atoms with Crippen molar-refractivity contribution in [1.82, 2.24) is 14.8 Å². The molecule has 146 valence electrons. The fourth-order valence-corrected chi connectivity index (χ4v) is 4.37. The van der Waals surface area contributed by atoms with E-state index >= 15 is 0 Å². The van der Waals surface area contributed by atoms with Crippen LogP contribution in [0.1, 0.15) is 18.4 Å². The number of piperidine rings is 1. The standard InChI is InChI=1S/C21H23N3O3S/c1-23(21(25)26)16-10-12-24(13-11-16)14-15-6-8-17(9-7-15)27-20-22-18-4-2-3-5-19(18)28-20/h2-9,16H,10-14H2,1H3,(H,25,26). The van der Waals surface area contributed by atoms with Crippen LogP contribution >= 0.6 is 11.3 Å². The van der Waals surface area contributed by atoms with Crippen LogP contribution in [0.15, 0.2) is 48.5 Å². The number of hydrogen-bond donors (Lipinski definition) is 1. The Hall–Kier alpha value is -2.64. The molecule has 0 aliphatic carbocycles. The third kappa shape index (κ3) is 4.26. The van der Waals surface area contributed by atoms with E-state index in [1.54, 1.807) is 18.4 Å². The maximum atomic E-state index is 11.1. The van der Waals surface area contributed by atoms with Gasteiger partial charge in [0.05, 0.1) is 10.2 Å². The van der Waals surface area contributed by atoms with Gasteiger partial charge in [-0.2, -0.15) is 0 Å². The van der Waals surface area contributed by atoms with Gasteiger partial charge in [0.25, 0.3) is 5.19 Å². The summed E-state index contributed by atoms with van der Waals surface area (Å²) in [4.78, 5) is 19.4. The summed E-state index contributed by atoms with van der Waals surface area (Å²) in [5, 5.41) is 9.76. The van der Waals surface area contributed by atoms with Crippen LogP contribution in [0.5, 0.6) is 10.9 Å². The third-order valence-corrected chi connectivity index (χ3v) is 6.13. The van der Waals surface area contributed by atoms with E-state index in [-0.39, 0.29) is 6.04 Å². The number of carboxylic acid groups (broad SMARTS) is 1. The highest BCUT2D eigenvalue weighted by molar-refractivity contribution is 7.20. The monoisotopic (exact) mass is 397 g/mol. The minimum absolute atomic E-state index is 0.123. The minimum atomic E-state index is -0.845. The first-order valence-electron chi connectivity index (χ1n) is 9.39. The molecule has 28 heavy (non-hydrogen) atoms. The summed E-state index contributed by atoms with van der Waals surface area (Å²) in [5.41, 5.74) is 2.18. The van der Waals surface area contributed by atoms with Gasteiger partial charge in [-0.15, -0.1) is 0 Å². The molecular weight excluding hydrogens is 374 g/mol. The number of carbonyl (C=O) groups is 1. The summed E-state index contributed by atoms with van der Waals surface area (Å²) in [6.07, 6.45) is 0.908. The Morgan fingerprint density at radius 3 is 2.61 bits per heavy atom. The number of aromatic nitrogens is 1. The lowest BCUT2D eigenvalue weighted by atomic mass is 10.0. The molecule has 1 saturated heterocycles. The van der Waals surface area contributed by atoms with E-state index in [1.807, 2.05) is 36.4 Å². The summed E-state index contributed by atoms with van der Waals surface area (Å²) < 4.78 is 7.02. The molecule has 6 nitrogen and oxygen atoms in total. The fraction of sp³-hybridized carbons (Fsp3) is 0.333. The number of likely N-dealkylation sites (tertiary alicyclic amines) is 1. The zero-order chi connectivity index (χ0) is 19.5. The summed E-state index contributed by atoms with van der Waals surface area (Å²) >= 11 is 1.54. The number of nitrogens with zero attached hydrogens (tertiary/aromatic N) is 3. The van der Waals surface area contributed by atoms with E-state index in [4.69, 9.17) is 9.84 Å². The lowest BCUT2D eigenvalue weighted by Gasteiger charge is -2.35. The number of para-hydroxylation sites is 1. The first-order chi connectivity index (χ1) is 13.6. The van der Waals surface area contributed by atoms with Crippen molar-refractivity contribution in [2.45, 2.75) is 25.4 Å². The molecule has 1 N–H and O–H groups in total. The first kappa shape index (κ1) is 18.7. The Morgan fingerprint density at radius 1 is 1.21 bits per heavy atom. The highest BCUT2D eigenvalue weighted by Gasteiger charge is 2.24. The molecule has 0 unspecified atom stereocenters. The van der Waals surface area contributed by atoms with Crippen LogP contribution in [-0.2, 0) is 6.54 Å². The molecule has 1 aliphatic rings. The van der Waals surface area contributed by atoms with Crippen molar-refractivity contribution in [3.05, 3.63) is 54.1 Å². The molecule has 0 saturated carbocycles. The topological polar surface area (TPSA) is 65.9 Å². The molecule has 1 aromatic heterocycles. The van der Waals surface area contributed by atoms with Gasteiger partial charge in [-0.3, -0.25) is 4.90 Å². The lowest BCUT2D eigenvalue weighted by Crippen LogP contribution is -2.44. The number of hydrogen-bond acceptors (Lipinski definition) is 5. The molecule has 7 heteroatoms. The van der Waals surface area contributed by atoms with Crippen LogP contribution in [-0.4, -0.2) is 52.2 Å². The highest BCUT2D eigenvalue weighted by Crippen LogP contribution is 2.31. The van der Waals surface area contributed by atoms with Gasteiger partial charge in [-0.05, 0) is 42.7 Å². The lowest BCUT2D eigenvalue weighted by molar-refractivity contribution is 0.103. The normalized spacial score (nSPS) is 15.6. The second-order valence-corrected chi connectivity index (χ2v) is 8.09. The summed E-state index contributed by atoms with van der Waals surface area (Å²) in [5.74, 6) is 0.782. The summed E-state index contributed by atoms with van der Waals surface area (Å²) in [6.45, 7) is 2.68. The molecule has 0 spiro atoms. The van der Waals surface area contributed by atoms with Gasteiger partial charge in [0.1, 0.15) is 5.75 Å². The molecular formula is C21H23N3O3S. The number of ether oxygens (including phenoxy) is 1. The Balaban J connectivity index is 1.32. The average molecular weight is 398 g/mol. The van der Waals surface area contributed by atoms with Gasteiger partial charge in [0.15, 0.2) is 0 Å². The maximum Gasteiger partial charge on any atom is 0.407 e. The molecule has 1 fully saturated rings. The van der Waals surface area contributed by atoms with Crippen LogP contribution in [0.25, 0.3) is 10.2 Å². The Bertz CT molecular complexity index is 916. The van der Waals surface area contributed by atoms with E-state index in [9.17, 15) is 4.79 Å². The third-order valence-electron chi connectivity index (χ3n) is 5.22. The zero-order valence-corrected chi connectivity index (χ0v) is 16.6. The van der Waals surface area contributed by atoms with Gasteiger partial charge in [-0.25, -0.2) is 9.78 Å². The number of rotatable bonds is 5. The van der Waals surface area contributed by atoms with Gasteiger partial charge >= 0.3 is 6.09 Å². The van der Waals surface area contributed by atoms with E-state index < -0.39 is 6.09 Å². The highest BCUT2D eigenvalue weighted by atomic mass is 32.1. The zero-order valence-electron chi connectivity index (χ0n) is 15.7. The van der Waals surface area contributed by atoms with Crippen molar-refractivity contribution >= 4 is 27.6 Å². The van der Waals surface area contributed by atoms with Crippen molar-refractivity contribution in [2.24, 2.45) is 0 Å².